The third kappa shape index (κ3) is 2.83. The van der Waals surface area contributed by atoms with Crippen LogP contribution in [0.1, 0.15) is 42.9 Å². The van der Waals surface area contributed by atoms with Gasteiger partial charge in [-0.3, -0.25) is 0 Å². The van der Waals surface area contributed by atoms with Gasteiger partial charge in [-0.1, -0.05) is 30.7 Å². The second kappa shape index (κ2) is 5.46. The molecule has 0 saturated carbocycles. The highest BCUT2D eigenvalue weighted by atomic mass is 16.3. The lowest BCUT2D eigenvalue weighted by molar-refractivity contribution is 0.144. The Labute approximate surface area is 97.7 Å². The number of hydrogen-bond acceptors (Lipinski definition) is 2. The average Bonchev–Trinajstić information content (AvgIpc) is 2.31. The quantitative estimate of drug-likeness (QED) is 0.819. The van der Waals surface area contributed by atoms with Gasteiger partial charge in [-0.2, -0.15) is 0 Å². The Bertz CT molecular complexity index is 331. The van der Waals surface area contributed by atoms with E-state index in [0.717, 1.165) is 18.5 Å². The molecule has 1 aromatic carbocycles. The Balaban J connectivity index is 1.96. The normalized spacial score (nSPS) is 23.0. The Morgan fingerprint density at radius 3 is 2.88 bits per heavy atom. The van der Waals surface area contributed by atoms with Crippen molar-refractivity contribution in [3.05, 3.63) is 35.4 Å². The molecule has 1 aliphatic heterocycles. The highest BCUT2D eigenvalue weighted by molar-refractivity contribution is 5.27. The number of aliphatic hydroxyl groups is 1. The van der Waals surface area contributed by atoms with Crippen molar-refractivity contribution in [1.29, 1.82) is 0 Å². The van der Waals surface area contributed by atoms with Gasteiger partial charge in [0.1, 0.15) is 0 Å². The first-order valence-corrected chi connectivity index (χ1v) is 6.24. The lowest BCUT2D eigenvalue weighted by Gasteiger charge is -2.26. The van der Waals surface area contributed by atoms with Crippen LogP contribution in [0.5, 0.6) is 0 Å². The molecule has 2 N–H and O–H groups in total. The van der Waals surface area contributed by atoms with Crippen molar-refractivity contribution in [3.8, 4) is 0 Å². The number of aliphatic hydroxyl groups excluding tert-OH is 1. The molecule has 0 amide bonds. The van der Waals surface area contributed by atoms with E-state index in [0.29, 0.717) is 6.04 Å². The maximum Gasteiger partial charge on any atom is 0.0807 e. The molecule has 2 unspecified atom stereocenters. The van der Waals surface area contributed by atoms with Crippen LogP contribution >= 0.6 is 0 Å². The van der Waals surface area contributed by atoms with Gasteiger partial charge in [-0.05, 0) is 43.9 Å². The molecule has 1 heterocycles. The van der Waals surface area contributed by atoms with E-state index in [1.165, 1.54) is 24.8 Å². The highest BCUT2D eigenvalue weighted by Gasteiger charge is 2.18. The number of hydrogen-bond donors (Lipinski definition) is 2. The van der Waals surface area contributed by atoms with Crippen LogP contribution in [-0.4, -0.2) is 17.7 Å². The van der Waals surface area contributed by atoms with Crippen molar-refractivity contribution in [3.63, 3.8) is 0 Å². The van der Waals surface area contributed by atoms with Gasteiger partial charge >= 0.3 is 0 Å². The summed E-state index contributed by atoms with van der Waals surface area (Å²) in [5, 5.41) is 13.7. The fourth-order valence-electron chi connectivity index (χ4n) is 2.48. The molecule has 2 atom stereocenters. The predicted molar refractivity (Wildman–Crippen MR) is 66.4 cm³/mol. The first-order chi connectivity index (χ1) is 7.77. The fourth-order valence-corrected chi connectivity index (χ4v) is 2.48. The minimum atomic E-state index is -0.322. The van der Waals surface area contributed by atoms with Crippen molar-refractivity contribution in [2.24, 2.45) is 0 Å². The van der Waals surface area contributed by atoms with Crippen molar-refractivity contribution >= 4 is 0 Å². The van der Waals surface area contributed by atoms with E-state index in [1.54, 1.807) is 0 Å². The molecule has 2 heteroatoms. The fraction of sp³-hybridized carbons (Fsp3) is 0.571. The molecule has 1 fully saturated rings. The summed E-state index contributed by atoms with van der Waals surface area (Å²) in [5.41, 5.74) is 2.26. The van der Waals surface area contributed by atoms with Crippen LogP contribution < -0.4 is 5.32 Å². The van der Waals surface area contributed by atoms with Crippen molar-refractivity contribution in [2.45, 2.75) is 44.8 Å². The van der Waals surface area contributed by atoms with Crippen LogP contribution in [0.25, 0.3) is 0 Å². The third-order valence-electron chi connectivity index (χ3n) is 3.47. The summed E-state index contributed by atoms with van der Waals surface area (Å²) in [5.74, 6) is 0. The SMILES string of the molecule is Cc1ccccc1C(O)CC1CCCCN1. The van der Waals surface area contributed by atoms with Crippen molar-refractivity contribution < 1.29 is 5.11 Å². The first-order valence-electron chi connectivity index (χ1n) is 6.24. The van der Waals surface area contributed by atoms with Gasteiger partial charge in [0.2, 0.25) is 0 Å². The topological polar surface area (TPSA) is 32.3 Å². The molecule has 1 saturated heterocycles. The smallest absolute Gasteiger partial charge is 0.0807 e. The maximum absolute atomic E-state index is 10.2. The van der Waals surface area contributed by atoms with Crippen LogP contribution in [0.2, 0.25) is 0 Å². The predicted octanol–water partition coefficient (Wildman–Crippen LogP) is 2.56. The Morgan fingerprint density at radius 1 is 1.38 bits per heavy atom. The molecule has 1 aromatic rings. The number of benzene rings is 1. The van der Waals surface area contributed by atoms with Gasteiger partial charge in [0.25, 0.3) is 0 Å². The van der Waals surface area contributed by atoms with Crippen LogP contribution in [-0.2, 0) is 0 Å². The molecule has 88 valence electrons. The summed E-state index contributed by atoms with van der Waals surface area (Å²) < 4.78 is 0. The first kappa shape index (κ1) is 11.6. The van der Waals surface area contributed by atoms with Crippen LogP contribution in [0.15, 0.2) is 24.3 Å². The standard InChI is InChI=1S/C14H21NO/c1-11-6-2-3-8-13(11)14(16)10-12-7-4-5-9-15-12/h2-3,6,8,12,14-16H,4-5,7,9-10H2,1H3. The van der Waals surface area contributed by atoms with E-state index < -0.39 is 0 Å². The molecule has 0 bridgehead atoms. The monoisotopic (exact) mass is 219 g/mol. The number of rotatable bonds is 3. The number of nitrogens with one attached hydrogen (secondary N) is 1. The number of piperidine rings is 1. The molecule has 0 radical (unpaired) electrons. The zero-order valence-electron chi connectivity index (χ0n) is 9.95. The molecule has 16 heavy (non-hydrogen) atoms. The van der Waals surface area contributed by atoms with Crippen molar-refractivity contribution in [1.82, 2.24) is 5.32 Å². The van der Waals surface area contributed by atoms with Crippen LogP contribution in [0.4, 0.5) is 0 Å². The van der Waals surface area contributed by atoms with Gasteiger partial charge < -0.3 is 10.4 Å². The lowest BCUT2D eigenvalue weighted by atomic mass is 9.94. The van der Waals surface area contributed by atoms with Crippen LogP contribution in [0, 0.1) is 6.92 Å². The molecule has 2 rings (SSSR count). The van der Waals surface area contributed by atoms with Crippen molar-refractivity contribution in [2.75, 3.05) is 6.54 Å². The molecular formula is C14H21NO. The molecule has 1 aliphatic rings. The molecule has 2 nitrogen and oxygen atoms in total. The minimum absolute atomic E-state index is 0.322. The van der Waals surface area contributed by atoms with Gasteiger partial charge in [0, 0.05) is 6.04 Å². The second-order valence-electron chi connectivity index (χ2n) is 4.75. The Kier molecular flexibility index (Phi) is 3.97. The maximum atomic E-state index is 10.2. The van der Waals surface area contributed by atoms with Crippen LogP contribution in [0.3, 0.4) is 0 Å². The van der Waals surface area contributed by atoms with Gasteiger partial charge in [-0.25, -0.2) is 0 Å². The van der Waals surface area contributed by atoms with E-state index in [-0.39, 0.29) is 6.10 Å². The van der Waals surface area contributed by atoms with E-state index in [4.69, 9.17) is 0 Å². The molecule has 0 aliphatic carbocycles. The third-order valence-corrected chi connectivity index (χ3v) is 3.47. The van der Waals surface area contributed by atoms with Gasteiger partial charge in [0.15, 0.2) is 0 Å². The summed E-state index contributed by atoms with van der Waals surface area (Å²) in [4.78, 5) is 0. The van der Waals surface area contributed by atoms with E-state index >= 15 is 0 Å². The molecule has 0 aromatic heterocycles. The lowest BCUT2D eigenvalue weighted by Crippen LogP contribution is -2.35. The number of aryl methyl sites for hydroxylation is 1. The van der Waals surface area contributed by atoms with Gasteiger partial charge in [0.05, 0.1) is 6.10 Å². The zero-order valence-corrected chi connectivity index (χ0v) is 9.95. The average molecular weight is 219 g/mol. The Morgan fingerprint density at radius 2 is 2.19 bits per heavy atom. The summed E-state index contributed by atoms with van der Waals surface area (Å²) >= 11 is 0. The van der Waals surface area contributed by atoms with E-state index in [1.807, 2.05) is 18.2 Å². The summed E-state index contributed by atoms with van der Waals surface area (Å²) in [6, 6.07) is 8.60. The van der Waals surface area contributed by atoms with E-state index in [9.17, 15) is 5.11 Å². The molecule has 0 spiro atoms. The Hall–Kier alpha value is -0.860. The molecular weight excluding hydrogens is 198 g/mol. The van der Waals surface area contributed by atoms with E-state index in [2.05, 4.69) is 18.3 Å². The summed E-state index contributed by atoms with van der Waals surface area (Å²) in [6.07, 6.45) is 4.28. The zero-order chi connectivity index (χ0) is 11.4. The minimum Gasteiger partial charge on any atom is -0.388 e. The largest absolute Gasteiger partial charge is 0.388 e. The summed E-state index contributed by atoms with van der Waals surface area (Å²) in [7, 11) is 0. The second-order valence-corrected chi connectivity index (χ2v) is 4.75. The van der Waals surface area contributed by atoms with Gasteiger partial charge in [-0.15, -0.1) is 0 Å². The highest BCUT2D eigenvalue weighted by Crippen LogP contribution is 2.24. The summed E-state index contributed by atoms with van der Waals surface area (Å²) in [6.45, 7) is 3.16.